The van der Waals surface area contributed by atoms with Crippen molar-refractivity contribution < 1.29 is 4.79 Å². The largest absolute Gasteiger partial charge is 0.325 e. The molecule has 21 heavy (non-hydrogen) atoms. The van der Waals surface area contributed by atoms with Crippen LogP contribution in [-0.4, -0.2) is 21.3 Å². The molecule has 1 amide bonds. The number of alkyl halides is 1. The Morgan fingerprint density at radius 3 is 2.71 bits per heavy atom. The molecule has 0 saturated carbocycles. The molecule has 106 valence electrons. The highest BCUT2D eigenvalue weighted by Gasteiger charge is 2.10. The second-order valence-corrected chi connectivity index (χ2v) is 4.98. The number of fused-ring (bicyclic) bond motifs is 1. The third-order valence-corrected chi connectivity index (χ3v) is 3.48. The molecule has 5 heteroatoms. The van der Waals surface area contributed by atoms with E-state index in [1.807, 2.05) is 55.5 Å². The Kier molecular flexibility index (Phi) is 3.62. The minimum atomic E-state index is -0.227. The van der Waals surface area contributed by atoms with Crippen LogP contribution in [-0.2, 0) is 4.79 Å². The summed E-state index contributed by atoms with van der Waals surface area (Å²) in [6.45, 7) is 1.96. The number of nitrogens with zero attached hydrogens (tertiary/aromatic N) is 2. The van der Waals surface area contributed by atoms with Gasteiger partial charge < -0.3 is 5.32 Å². The predicted molar refractivity (Wildman–Crippen MR) is 85.2 cm³/mol. The van der Waals surface area contributed by atoms with E-state index >= 15 is 0 Å². The van der Waals surface area contributed by atoms with Crippen molar-refractivity contribution in [3.8, 4) is 5.69 Å². The second-order valence-electron chi connectivity index (χ2n) is 4.72. The molecular weight excluding hydrogens is 286 g/mol. The molecule has 3 rings (SSSR count). The van der Waals surface area contributed by atoms with E-state index < -0.39 is 0 Å². The van der Waals surface area contributed by atoms with Gasteiger partial charge >= 0.3 is 0 Å². The number of rotatable bonds is 3. The lowest BCUT2D eigenvalue weighted by molar-refractivity contribution is -0.113. The van der Waals surface area contributed by atoms with Crippen molar-refractivity contribution in [1.82, 2.24) is 9.55 Å². The SMILES string of the molecule is Cc1nc2cc(NC(=O)CCl)ccc2n1-c1ccccc1. The average molecular weight is 300 g/mol. The molecule has 0 radical (unpaired) electrons. The van der Waals surface area contributed by atoms with Gasteiger partial charge in [0.05, 0.1) is 11.0 Å². The maximum absolute atomic E-state index is 11.3. The minimum absolute atomic E-state index is 0.0600. The summed E-state index contributed by atoms with van der Waals surface area (Å²) >= 11 is 5.50. The zero-order valence-corrected chi connectivity index (χ0v) is 12.3. The summed E-state index contributed by atoms with van der Waals surface area (Å²) in [6, 6.07) is 15.7. The second kappa shape index (κ2) is 5.58. The smallest absolute Gasteiger partial charge is 0.239 e. The molecule has 0 aliphatic heterocycles. The third kappa shape index (κ3) is 2.62. The molecule has 2 aromatic carbocycles. The van der Waals surface area contributed by atoms with Gasteiger partial charge in [-0.2, -0.15) is 0 Å². The highest BCUT2D eigenvalue weighted by molar-refractivity contribution is 6.29. The van der Waals surface area contributed by atoms with Gasteiger partial charge in [0, 0.05) is 11.4 Å². The number of carbonyl (C=O) groups excluding carboxylic acids is 1. The van der Waals surface area contributed by atoms with Crippen molar-refractivity contribution in [3.63, 3.8) is 0 Å². The number of aryl methyl sites for hydroxylation is 1. The van der Waals surface area contributed by atoms with Crippen molar-refractivity contribution in [2.24, 2.45) is 0 Å². The van der Waals surface area contributed by atoms with Crippen LogP contribution in [0.1, 0.15) is 5.82 Å². The lowest BCUT2D eigenvalue weighted by Gasteiger charge is -2.07. The minimum Gasteiger partial charge on any atom is -0.325 e. The molecule has 0 aliphatic rings. The van der Waals surface area contributed by atoms with Gasteiger partial charge in [0.15, 0.2) is 0 Å². The Bertz CT molecular complexity index is 796. The summed E-state index contributed by atoms with van der Waals surface area (Å²) < 4.78 is 2.09. The highest BCUT2D eigenvalue weighted by atomic mass is 35.5. The summed E-state index contributed by atoms with van der Waals surface area (Å²) in [5.41, 5.74) is 3.60. The lowest BCUT2D eigenvalue weighted by atomic mass is 10.2. The molecule has 0 saturated heterocycles. The number of aromatic nitrogens is 2. The number of nitrogens with one attached hydrogen (secondary N) is 1. The first kappa shape index (κ1) is 13.6. The van der Waals surface area contributed by atoms with Crippen LogP contribution < -0.4 is 5.32 Å². The van der Waals surface area contributed by atoms with Crippen molar-refractivity contribution in [3.05, 3.63) is 54.4 Å². The topological polar surface area (TPSA) is 46.9 Å². The molecule has 0 atom stereocenters. The van der Waals surface area contributed by atoms with E-state index in [-0.39, 0.29) is 11.8 Å². The summed E-state index contributed by atoms with van der Waals surface area (Å²) in [4.78, 5) is 15.9. The molecule has 0 fully saturated rings. The maximum Gasteiger partial charge on any atom is 0.239 e. The summed E-state index contributed by atoms with van der Waals surface area (Å²) in [5.74, 6) is 0.613. The van der Waals surface area contributed by atoms with Crippen LogP contribution in [0.25, 0.3) is 16.7 Å². The van der Waals surface area contributed by atoms with Crippen molar-refractivity contribution in [2.45, 2.75) is 6.92 Å². The van der Waals surface area contributed by atoms with Crippen LogP contribution in [0.5, 0.6) is 0 Å². The fourth-order valence-corrected chi connectivity index (χ4v) is 2.44. The molecule has 1 heterocycles. The number of hydrogen-bond acceptors (Lipinski definition) is 2. The van der Waals surface area contributed by atoms with E-state index in [4.69, 9.17) is 11.6 Å². The summed E-state index contributed by atoms with van der Waals surface area (Å²) in [6.07, 6.45) is 0. The van der Waals surface area contributed by atoms with Crippen LogP contribution in [0, 0.1) is 6.92 Å². The predicted octanol–water partition coefficient (Wildman–Crippen LogP) is 3.51. The molecule has 4 nitrogen and oxygen atoms in total. The summed E-state index contributed by atoms with van der Waals surface area (Å²) in [5, 5.41) is 2.73. The normalized spacial score (nSPS) is 10.8. The van der Waals surface area contributed by atoms with Gasteiger partial charge in [-0.05, 0) is 37.3 Å². The average Bonchev–Trinajstić information content (AvgIpc) is 2.83. The van der Waals surface area contributed by atoms with Crippen molar-refractivity contribution in [2.75, 3.05) is 11.2 Å². The van der Waals surface area contributed by atoms with Crippen molar-refractivity contribution >= 4 is 34.2 Å². The molecule has 3 aromatic rings. The number of halogens is 1. The number of anilines is 1. The first-order valence-corrected chi connectivity index (χ1v) is 7.13. The Morgan fingerprint density at radius 1 is 1.24 bits per heavy atom. The van der Waals surface area contributed by atoms with E-state index in [0.29, 0.717) is 5.69 Å². The van der Waals surface area contributed by atoms with Gasteiger partial charge in [-0.15, -0.1) is 11.6 Å². The van der Waals surface area contributed by atoms with Gasteiger partial charge in [0.1, 0.15) is 11.7 Å². The fraction of sp³-hybridized carbons (Fsp3) is 0.125. The number of carbonyl (C=O) groups is 1. The van der Waals surface area contributed by atoms with Crippen LogP contribution in [0.3, 0.4) is 0 Å². The van der Waals surface area contributed by atoms with Crippen LogP contribution in [0.15, 0.2) is 48.5 Å². The highest BCUT2D eigenvalue weighted by Crippen LogP contribution is 2.23. The Balaban J connectivity index is 2.08. The van der Waals surface area contributed by atoms with Crippen LogP contribution in [0.4, 0.5) is 5.69 Å². The van der Waals surface area contributed by atoms with Crippen molar-refractivity contribution in [1.29, 1.82) is 0 Å². The van der Waals surface area contributed by atoms with E-state index in [1.54, 1.807) is 0 Å². The van der Waals surface area contributed by atoms with Crippen LogP contribution in [0.2, 0.25) is 0 Å². The molecule has 1 N–H and O–H groups in total. The molecule has 1 aromatic heterocycles. The number of hydrogen-bond donors (Lipinski definition) is 1. The van der Waals surface area contributed by atoms with Gasteiger partial charge in [0.25, 0.3) is 0 Å². The standard InChI is InChI=1S/C16H14ClN3O/c1-11-18-14-9-12(19-16(21)10-17)7-8-15(14)20(11)13-5-3-2-4-6-13/h2-9H,10H2,1H3,(H,19,21). The van der Waals surface area contributed by atoms with E-state index in [9.17, 15) is 4.79 Å². The third-order valence-electron chi connectivity index (χ3n) is 3.24. The first-order chi connectivity index (χ1) is 10.2. The molecular formula is C16H14ClN3O. The monoisotopic (exact) mass is 299 g/mol. The molecule has 0 unspecified atom stereocenters. The number of para-hydroxylation sites is 1. The molecule has 0 aliphatic carbocycles. The fourth-order valence-electron chi connectivity index (χ4n) is 2.38. The number of amides is 1. The van der Waals surface area contributed by atoms with Crippen LogP contribution >= 0.6 is 11.6 Å². The number of imidazole rings is 1. The Morgan fingerprint density at radius 2 is 2.00 bits per heavy atom. The van der Waals surface area contributed by atoms with Gasteiger partial charge in [-0.1, -0.05) is 18.2 Å². The zero-order chi connectivity index (χ0) is 14.8. The van der Waals surface area contributed by atoms with E-state index in [0.717, 1.165) is 22.5 Å². The zero-order valence-electron chi connectivity index (χ0n) is 11.5. The van der Waals surface area contributed by atoms with E-state index in [2.05, 4.69) is 14.9 Å². The Labute approximate surface area is 127 Å². The quantitative estimate of drug-likeness (QED) is 0.752. The molecule has 0 spiro atoms. The number of benzene rings is 2. The van der Waals surface area contributed by atoms with Gasteiger partial charge in [-0.3, -0.25) is 9.36 Å². The Hall–Kier alpha value is -2.33. The lowest BCUT2D eigenvalue weighted by Crippen LogP contribution is -2.12. The van der Waals surface area contributed by atoms with Gasteiger partial charge in [0.2, 0.25) is 5.91 Å². The van der Waals surface area contributed by atoms with E-state index in [1.165, 1.54) is 0 Å². The molecule has 0 bridgehead atoms. The first-order valence-electron chi connectivity index (χ1n) is 6.59. The maximum atomic E-state index is 11.3. The summed E-state index contributed by atoms with van der Waals surface area (Å²) in [7, 11) is 0. The van der Waals surface area contributed by atoms with Gasteiger partial charge in [-0.25, -0.2) is 4.98 Å².